The van der Waals surface area contributed by atoms with Crippen LogP contribution in [0.1, 0.15) is 231 Å². The zero-order chi connectivity index (χ0) is 70.8. The van der Waals surface area contributed by atoms with Gasteiger partial charge in [0.05, 0.1) is 22.3 Å². The smallest absolute Gasteiger partial charge is 0.333 e. The van der Waals surface area contributed by atoms with Crippen LogP contribution in [0.15, 0.2) is 136 Å². The van der Waals surface area contributed by atoms with Crippen molar-refractivity contribution in [3.05, 3.63) is 197 Å². The Balaban J connectivity index is 1.24. The number of rotatable bonds is 23. The summed E-state index contributed by atoms with van der Waals surface area (Å²) in [6, 6.07) is 37.6. The molecule has 2 aliphatic rings. The third-order valence-corrected chi connectivity index (χ3v) is 19.6. The standard InChI is InChI=1S/C83H91N5O11/c1-15-17-19-21-24-52(25-22-20-18-16-2)88-75(91)59-46-63(98-55-38-30-50(31-39-55)82(9,10)11)69-67-61(96-53-34-26-48(27-35-53)80(3,4)5)44-57-65-58(74(90)86(73(57)89)42-23-43-87-78(94)84-77(93)85-79(87)95)45-62(97-54-36-28-49(29-37-54)81(6,7)8)68(71(65)67)70-64(47-60(76(88)92)66(59)72(69)70)99-56-40-32-51(33-41-56)83(12,13)14/h26-41,44-47,52H,15-25,42-43H2,1-14H3,(H2,84,85,93,94,95). The van der Waals surface area contributed by atoms with Crippen molar-refractivity contribution in [1.29, 1.82) is 0 Å². The second kappa shape index (κ2) is 26.8. The minimum Gasteiger partial charge on any atom is -0.457 e. The number of nitrogens with zero attached hydrogens (tertiary/aromatic N) is 3. The summed E-state index contributed by atoms with van der Waals surface area (Å²) in [6.45, 7) is 29.4. The molecule has 12 rings (SSSR count). The Hall–Kier alpha value is -9.83. The molecule has 4 amide bonds. The summed E-state index contributed by atoms with van der Waals surface area (Å²) in [5.74, 6) is 0.230. The van der Waals surface area contributed by atoms with Gasteiger partial charge >= 0.3 is 17.1 Å². The van der Waals surface area contributed by atoms with Gasteiger partial charge in [0.1, 0.15) is 46.0 Å². The van der Waals surface area contributed by atoms with E-state index < -0.39 is 46.7 Å². The van der Waals surface area contributed by atoms with Gasteiger partial charge in [0.2, 0.25) is 0 Å². The van der Waals surface area contributed by atoms with Gasteiger partial charge in [0.25, 0.3) is 23.6 Å². The quantitative estimate of drug-likeness (QED) is 0.0267. The third kappa shape index (κ3) is 13.5. The summed E-state index contributed by atoms with van der Waals surface area (Å²) in [5.41, 5.74) is 1.15. The highest BCUT2D eigenvalue weighted by molar-refractivity contribution is 6.45. The number of unbranched alkanes of at least 4 members (excludes halogenated alkanes) is 6. The highest BCUT2D eigenvalue weighted by Gasteiger charge is 2.43. The van der Waals surface area contributed by atoms with E-state index in [4.69, 9.17) is 18.9 Å². The molecule has 10 aromatic rings. The van der Waals surface area contributed by atoms with Crippen molar-refractivity contribution in [2.45, 2.75) is 202 Å². The molecule has 2 aliphatic heterocycles. The van der Waals surface area contributed by atoms with Gasteiger partial charge in [-0.05, 0) is 136 Å². The van der Waals surface area contributed by atoms with Gasteiger partial charge in [0, 0.05) is 62.2 Å². The molecule has 0 saturated carbocycles. The van der Waals surface area contributed by atoms with Gasteiger partial charge in [-0.2, -0.15) is 0 Å². The van der Waals surface area contributed by atoms with Crippen LogP contribution in [-0.2, 0) is 28.2 Å². The fraction of sp³-hybridized carbons (Fsp3) is 0.386. The first-order valence-corrected chi connectivity index (χ1v) is 35.1. The Morgan fingerprint density at radius 2 is 0.636 bits per heavy atom. The predicted molar refractivity (Wildman–Crippen MR) is 392 cm³/mol. The van der Waals surface area contributed by atoms with E-state index in [0.717, 1.165) is 83.1 Å². The van der Waals surface area contributed by atoms with Gasteiger partial charge in [-0.3, -0.25) is 38.9 Å². The maximum absolute atomic E-state index is 16.3. The summed E-state index contributed by atoms with van der Waals surface area (Å²) >= 11 is 0. The van der Waals surface area contributed by atoms with E-state index in [-0.39, 0.29) is 91.8 Å². The minimum absolute atomic E-state index is 0.0592. The number of amides is 4. The van der Waals surface area contributed by atoms with E-state index in [1.54, 1.807) is 24.3 Å². The zero-order valence-corrected chi connectivity index (χ0v) is 59.6. The lowest BCUT2D eigenvalue weighted by Gasteiger charge is -2.36. The van der Waals surface area contributed by atoms with Crippen molar-refractivity contribution in [3.8, 4) is 46.0 Å². The molecule has 2 N–H and O–H groups in total. The highest BCUT2D eigenvalue weighted by atomic mass is 16.5. The number of H-pyrrole nitrogens is 2. The first-order valence-electron chi connectivity index (χ1n) is 35.1. The van der Waals surface area contributed by atoms with E-state index in [1.165, 1.54) is 4.90 Å². The largest absolute Gasteiger partial charge is 0.457 e. The van der Waals surface area contributed by atoms with E-state index >= 15 is 19.2 Å². The zero-order valence-electron chi connectivity index (χ0n) is 59.6. The second-order valence-corrected chi connectivity index (χ2v) is 31.0. The summed E-state index contributed by atoms with van der Waals surface area (Å²) < 4.78 is 30.1. The molecule has 0 radical (unpaired) electrons. The second-order valence-electron chi connectivity index (χ2n) is 31.0. The number of ether oxygens (including phenoxy) is 4. The molecule has 9 aromatic carbocycles. The molecule has 99 heavy (non-hydrogen) atoms. The maximum atomic E-state index is 16.3. The number of imide groups is 2. The lowest BCUT2D eigenvalue weighted by atomic mass is 9.80. The lowest BCUT2D eigenvalue weighted by Crippen LogP contribution is -2.47. The predicted octanol–water partition coefficient (Wildman–Crippen LogP) is 19.2. The number of nitrogens with one attached hydrogen (secondary N) is 2. The molecule has 16 heteroatoms. The van der Waals surface area contributed by atoms with Crippen LogP contribution in [0.5, 0.6) is 46.0 Å². The first kappa shape index (κ1) is 69.1. The Morgan fingerprint density at radius 3 is 0.919 bits per heavy atom. The van der Waals surface area contributed by atoms with Crippen molar-refractivity contribution < 1.29 is 38.1 Å². The summed E-state index contributed by atoms with van der Waals surface area (Å²) in [5, 5.41) is 2.99. The fourth-order valence-electron chi connectivity index (χ4n) is 14.1. The number of hydrogen-bond donors (Lipinski definition) is 2. The summed E-state index contributed by atoms with van der Waals surface area (Å²) in [7, 11) is 0. The first-order chi connectivity index (χ1) is 46.9. The monoisotopic (exact) mass is 1330 g/mol. The summed E-state index contributed by atoms with van der Waals surface area (Å²) in [4.78, 5) is 109. The van der Waals surface area contributed by atoms with Crippen LogP contribution in [-0.4, -0.2) is 60.6 Å². The summed E-state index contributed by atoms with van der Waals surface area (Å²) in [6.07, 6.45) is 8.88. The molecule has 0 bridgehead atoms. The number of hydrogen-bond acceptors (Lipinski definition) is 11. The van der Waals surface area contributed by atoms with Gasteiger partial charge in [-0.1, -0.05) is 197 Å². The van der Waals surface area contributed by atoms with Gasteiger partial charge in [0.15, 0.2) is 0 Å². The molecule has 514 valence electrons. The molecule has 1 aromatic heterocycles. The van der Waals surface area contributed by atoms with Crippen molar-refractivity contribution in [1.82, 2.24) is 24.3 Å². The van der Waals surface area contributed by atoms with Gasteiger partial charge in [-0.15, -0.1) is 0 Å². The molecule has 0 spiro atoms. The highest BCUT2D eigenvalue weighted by Crippen LogP contribution is 2.58. The molecular weight excluding hydrogens is 1240 g/mol. The number of carbonyl (C=O) groups is 4. The van der Waals surface area contributed by atoms with Crippen LogP contribution in [0.3, 0.4) is 0 Å². The number of fused-ring (bicyclic) bond motifs is 2. The lowest BCUT2D eigenvalue weighted by molar-refractivity contribution is 0.0514. The van der Waals surface area contributed by atoms with E-state index in [9.17, 15) is 14.4 Å². The average molecular weight is 1330 g/mol. The Morgan fingerprint density at radius 1 is 0.343 bits per heavy atom. The third-order valence-electron chi connectivity index (χ3n) is 19.6. The molecule has 0 fully saturated rings. The topological polar surface area (TPSA) is 199 Å². The molecule has 0 atom stereocenters. The van der Waals surface area contributed by atoms with Crippen molar-refractivity contribution in [2.24, 2.45) is 0 Å². The van der Waals surface area contributed by atoms with Crippen LogP contribution in [0.2, 0.25) is 0 Å². The van der Waals surface area contributed by atoms with Crippen LogP contribution >= 0.6 is 0 Å². The minimum atomic E-state index is -0.964. The van der Waals surface area contributed by atoms with Crippen molar-refractivity contribution in [2.75, 3.05) is 6.54 Å². The molecular formula is C83H91N5O11. The maximum Gasteiger partial charge on any atom is 0.333 e. The molecule has 0 unspecified atom stereocenters. The molecule has 3 heterocycles. The van der Waals surface area contributed by atoms with Crippen LogP contribution in [0.4, 0.5) is 0 Å². The Kier molecular flexibility index (Phi) is 18.7. The molecule has 16 nitrogen and oxygen atoms in total. The SMILES string of the molecule is CCCCCCC(CCCCCC)N1C(=O)c2cc(Oc3ccc(C(C)(C)C)cc3)c3c4c(Oc5ccc(C(C)(C)C)cc5)cc5c6c(cc(Oc7ccc(C(C)(C)C)cc7)c(c7c(Oc8ccc(C(C)(C)C)cc8)cc(c2c37)C1=O)c64)C(=O)N(CCCn1c(=O)[nH]c(=O)[nH]c1=O)C5=O. The van der Waals surface area contributed by atoms with Crippen molar-refractivity contribution >= 4 is 66.7 Å². The number of carbonyl (C=O) groups excluding carboxylic acids is 4. The Bertz CT molecular complexity index is 4680. The van der Waals surface area contributed by atoms with Crippen LogP contribution in [0.25, 0.3) is 43.1 Å². The fourth-order valence-corrected chi connectivity index (χ4v) is 14.1. The number of benzene rings is 9. The van der Waals surface area contributed by atoms with E-state index in [2.05, 4.69) is 107 Å². The number of aromatic nitrogens is 3. The number of aromatic amines is 2. The van der Waals surface area contributed by atoms with E-state index in [0.29, 0.717) is 73.5 Å². The molecule has 0 saturated heterocycles. The van der Waals surface area contributed by atoms with Crippen LogP contribution in [0, 0.1) is 0 Å². The van der Waals surface area contributed by atoms with Crippen molar-refractivity contribution in [3.63, 3.8) is 0 Å². The average Bonchev–Trinajstić information content (AvgIpc) is 0.672. The van der Waals surface area contributed by atoms with Gasteiger partial charge in [-0.25, -0.2) is 19.0 Å². The van der Waals surface area contributed by atoms with Gasteiger partial charge < -0.3 is 18.9 Å². The molecule has 0 aliphatic carbocycles. The van der Waals surface area contributed by atoms with Crippen LogP contribution < -0.4 is 36.0 Å². The van der Waals surface area contributed by atoms with E-state index in [1.807, 2.05) is 97.1 Å². The Labute approximate surface area is 578 Å². The normalized spacial score (nSPS) is 13.7.